The Morgan fingerprint density at radius 2 is 2.11 bits per heavy atom. The van der Waals surface area contributed by atoms with E-state index in [-0.39, 0.29) is 11.3 Å². The van der Waals surface area contributed by atoms with Gasteiger partial charge in [0.15, 0.2) is 0 Å². The second-order valence-corrected chi connectivity index (χ2v) is 5.55. The van der Waals surface area contributed by atoms with Crippen LogP contribution in [0.25, 0.3) is 0 Å². The van der Waals surface area contributed by atoms with E-state index in [1.165, 1.54) is 0 Å². The molecular weight excluding hydrogens is 224 g/mol. The van der Waals surface area contributed by atoms with Crippen LogP contribution in [-0.2, 0) is 10.2 Å². The molecule has 0 aliphatic heterocycles. The van der Waals surface area contributed by atoms with E-state index in [9.17, 15) is 4.79 Å². The minimum Gasteiger partial charge on any atom is -0.369 e. The molecule has 98 valence electrons. The van der Waals surface area contributed by atoms with E-state index in [4.69, 9.17) is 5.73 Å². The van der Waals surface area contributed by atoms with Crippen LogP contribution in [0.1, 0.15) is 51.6 Å². The molecular formula is C15H22N2O. The molecule has 2 rings (SSSR count). The summed E-state index contributed by atoms with van der Waals surface area (Å²) in [5, 5.41) is 0. The van der Waals surface area contributed by atoms with Gasteiger partial charge in [-0.05, 0) is 31.4 Å². The lowest BCUT2D eigenvalue weighted by molar-refractivity contribution is -0.135. The topological polar surface area (TPSA) is 56.0 Å². The van der Waals surface area contributed by atoms with Crippen LogP contribution >= 0.6 is 0 Å². The average molecular weight is 246 g/mol. The molecule has 1 aliphatic carbocycles. The van der Waals surface area contributed by atoms with E-state index in [1.54, 1.807) is 6.20 Å². The van der Waals surface area contributed by atoms with E-state index in [2.05, 4.69) is 18.8 Å². The summed E-state index contributed by atoms with van der Waals surface area (Å²) in [7, 11) is 0. The molecule has 1 fully saturated rings. The smallest absolute Gasteiger partial charge is 0.224 e. The van der Waals surface area contributed by atoms with Gasteiger partial charge in [0.25, 0.3) is 0 Å². The van der Waals surface area contributed by atoms with Gasteiger partial charge in [0.2, 0.25) is 5.91 Å². The third-order valence-corrected chi connectivity index (χ3v) is 4.89. The van der Waals surface area contributed by atoms with Crippen LogP contribution in [0.3, 0.4) is 0 Å². The molecule has 1 amide bonds. The maximum atomic E-state index is 12.1. The molecule has 2 unspecified atom stereocenters. The van der Waals surface area contributed by atoms with Gasteiger partial charge in [-0.15, -0.1) is 0 Å². The molecule has 0 aromatic carbocycles. The first-order valence-corrected chi connectivity index (χ1v) is 6.78. The predicted molar refractivity (Wildman–Crippen MR) is 72.0 cm³/mol. The van der Waals surface area contributed by atoms with Crippen molar-refractivity contribution in [3.63, 3.8) is 0 Å². The first-order valence-electron chi connectivity index (χ1n) is 6.78. The van der Waals surface area contributed by atoms with Gasteiger partial charge >= 0.3 is 0 Å². The number of rotatable bonds is 3. The summed E-state index contributed by atoms with van der Waals surface area (Å²) in [5.41, 5.74) is 6.09. The van der Waals surface area contributed by atoms with Gasteiger partial charge in [0, 0.05) is 17.3 Å². The number of hydrogen-bond donors (Lipinski definition) is 1. The molecule has 2 atom stereocenters. The maximum Gasteiger partial charge on any atom is 0.224 e. The molecule has 3 heteroatoms. The number of amides is 1. The fourth-order valence-electron chi connectivity index (χ4n) is 3.62. The van der Waals surface area contributed by atoms with E-state index < -0.39 is 5.41 Å². The van der Waals surface area contributed by atoms with Crippen LogP contribution in [0.2, 0.25) is 0 Å². The summed E-state index contributed by atoms with van der Waals surface area (Å²) < 4.78 is 0. The number of carbonyl (C=O) groups excluding carboxylic acids is 1. The van der Waals surface area contributed by atoms with E-state index in [0.29, 0.717) is 0 Å². The minimum atomic E-state index is -0.445. The number of aromatic nitrogens is 1. The van der Waals surface area contributed by atoms with E-state index >= 15 is 0 Å². The molecule has 1 saturated carbocycles. The van der Waals surface area contributed by atoms with Gasteiger partial charge in [0.1, 0.15) is 0 Å². The zero-order valence-corrected chi connectivity index (χ0v) is 11.3. The van der Waals surface area contributed by atoms with Gasteiger partial charge in [0.05, 0.1) is 5.41 Å². The van der Waals surface area contributed by atoms with Gasteiger partial charge in [-0.3, -0.25) is 9.78 Å². The molecule has 0 saturated heterocycles. The molecule has 18 heavy (non-hydrogen) atoms. The predicted octanol–water partition coefficient (Wildman–Crippen LogP) is 2.80. The number of hydrogen-bond acceptors (Lipinski definition) is 2. The Balaban J connectivity index is 2.53. The van der Waals surface area contributed by atoms with Crippen molar-refractivity contribution in [3.8, 4) is 0 Å². The first kappa shape index (κ1) is 13.1. The molecule has 1 aromatic heterocycles. The van der Waals surface area contributed by atoms with Gasteiger partial charge in [-0.2, -0.15) is 0 Å². The molecule has 1 heterocycles. The Kier molecular flexibility index (Phi) is 3.42. The van der Waals surface area contributed by atoms with Crippen molar-refractivity contribution in [2.45, 2.75) is 51.4 Å². The Morgan fingerprint density at radius 3 is 2.67 bits per heavy atom. The lowest BCUT2D eigenvalue weighted by atomic mass is 9.53. The molecule has 0 radical (unpaired) electrons. The maximum absolute atomic E-state index is 12.1. The monoisotopic (exact) mass is 246 g/mol. The Morgan fingerprint density at radius 1 is 1.39 bits per heavy atom. The second-order valence-electron chi connectivity index (χ2n) is 5.55. The van der Waals surface area contributed by atoms with Crippen LogP contribution in [0.5, 0.6) is 0 Å². The van der Waals surface area contributed by atoms with Crippen LogP contribution in [0.15, 0.2) is 24.4 Å². The normalized spacial score (nSPS) is 32.1. The van der Waals surface area contributed by atoms with Gasteiger partial charge in [-0.25, -0.2) is 0 Å². The van der Waals surface area contributed by atoms with Crippen molar-refractivity contribution in [1.82, 2.24) is 4.98 Å². The fourth-order valence-corrected chi connectivity index (χ4v) is 3.62. The lowest BCUT2D eigenvalue weighted by Crippen LogP contribution is -2.54. The fraction of sp³-hybridized carbons (Fsp3) is 0.600. The number of nitrogens with zero attached hydrogens (tertiary/aromatic N) is 1. The minimum absolute atomic E-state index is 0.169. The molecule has 2 N–H and O–H groups in total. The highest BCUT2D eigenvalue weighted by atomic mass is 16.1. The summed E-state index contributed by atoms with van der Waals surface area (Å²) in [6.45, 7) is 4.22. The van der Waals surface area contributed by atoms with Crippen LogP contribution < -0.4 is 5.73 Å². The van der Waals surface area contributed by atoms with E-state index in [0.717, 1.165) is 37.8 Å². The van der Waals surface area contributed by atoms with Crippen molar-refractivity contribution >= 4 is 5.91 Å². The zero-order chi connectivity index (χ0) is 13.2. The van der Waals surface area contributed by atoms with Crippen LogP contribution in [-0.4, -0.2) is 10.9 Å². The highest BCUT2D eigenvalue weighted by Crippen LogP contribution is 2.53. The van der Waals surface area contributed by atoms with Crippen molar-refractivity contribution in [1.29, 1.82) is 0 Å². The molecule has 0 bridgehead atoms. The Hall–Kier alpha value is -1.38. The average Bonchev–Trinajstić information content (AvgIpc) is 2.40. The van der Waals surface area contributed by atoms with E-state index in [1.807, 2.05) is 18.2 Å². The Labute approximate surface area is 109 Å². The summed E-state index contributed by atoms with van der Waals surface area (Å²) in [6.07, 6.45) is 6.68. The van der Waals surface area contributed by atoms with Gasteiger partial charge in [-0.1, -0.05) is 32.8 Å². The molecule has 1 aliphatic rings. The number of primary amides is 1. The SMILES string of the molecule is CCC1(C(N)=O)CCCCC1(C)c1ccccn1. The largest absolute Gasteiger partial charge is 0.369 e. The Bertz CT molecular complexity index is 431. The number of nitrogens with two attached hydrogens (primary N) is 1. The highest BCUT2D eigenvalue weighted by molar-refractivity contribution is 5.83. The van der Waals surface area contributed by atoms with Crippen LogP contribution in [0.4, 0.5) is 0 Å². The summed E-state index contributed by atoms with van der Waals surface area (Å²) in [6, 6.07) is 5.93. The summed E-state index contributed by atoms with van der Waals surface area (Å²) in [5.74, 6) is -0.169. The summed E-state index contributed by atoms with van der Waals surface area (Å²) >= 11 is 0. The number of pyridine rings is 1. The lowest BCUT2D eigenvalue weighted by Gasteiger charge is -2.49. The molecule has 0 spiro atoms. The molecule has 3 nitrogen and oxygen atoms in total. The highest BCUT2D eigenvalue weighted by Gasteiger charge is 2.54. The third-order valence-electron chi connectivity index (χ3n) is 4.89. The van der Waals surface area contributed by atoms with Crippen LogP contribution in [0, 0.1) is 5.41 Å². The second kappa shape index (κ2) is 4.71. The third kappa shape index (κ3) is 1.73. The number of carbonyl (C=O) groups is 1. The van der Waals surface area contributed by atoms with Crippen molar-refractivity contribution in [2.75, 3.05) is 0 Å². The quantitative estimate of drug-likeness (QED) is 0.891. The van der Waals surface area contributed by atoms with Crippen molar-refractivity contribution < 1.29 is 4.79 Å². The van der Waals surface area contributed by atoms with Crippen molar-refractivity contribution in [2.24, 2.45) is 11.1 Å². The van der Waals surface area contributed by atoms with Crippen molar-refractivity contribution in [3.05, 3.63) is 30.1 Å². The standard InChI is InChI=1S/C15H22N2O/c1-3-15(13(16)18)10-6-5-9-14(15,2)12-8-4-7-11-17-12/h4,7-8,11H,3,5-6,9-10H2,1-2H3,(H2,16,18). The summed E-state index contributed by atoms with van der Waals surface area (Å²) in [4.78, 5) is 16.6. The van der Waals surface area contributed by atoms with Gasteiger partial charge < -0.3 is 5.73 Å². The zero-order valence-electron chi connectivity index (χ0n) is 11.3. The molecule has 1 aromatic rings. The first-order chi connectivity index (χ1) is 8.57.